The summed E-state index contributed by atoms with van der Waals surface area (Å²) in [6.07, 6.45) is 5.33. The average molecular weight is 297 g/mol. The van der Waals surface area contributed by atoms with Gasteiger partial charge in [-0.05, 0) is 48.2 Å². The van der Waals surface area contributed by atoms with Crippen LogP contribution < -0.4 is 5.32 Å². The van der Waals surface area contributed by atoms with Crippen molar-refractivity contribution in [3.63, 3.8) is 0 Å². The molecule has 1 N–H and O–H groups in total. The summed E-state index contributed by atoms with van der Waals surface area (Å²) >= 11 is 1.66. The van der Waals surface area contributed by atoms with Crippen molar-refractivity contribution in [3.05, 3.63) is 70.4 Å². The van der Waals surface area contributed by atoms with E-state index in [1.54, 1.807) is 23.9 Å². The highest BCUT2D eigenvalue weighted by Gasteiger charge is 2.07. The number of amides is 1. The fourth-order valence-electron chi connectivity index (χ4n) is 2.04. The van der Waals surface area contributed by atoms with Gasteiger partial charge in [-0.15, -0.1) is 11.3 Å². The van der Waals surface area contributed by atoms with E-state index in [4.69, 9.17) is 0 Å². The molecule has 3 aromatic rings. The van der Waals surface area contributed by atoms with Crippen LogP contribution in [-0.4, -0.2) is 15.5 Å². The highest BCUT2D eigenvalue weighted by atomic mass is 32.1. The predicted molar refractivity (Wildman–Crippen MR) is 83.8 cm³/mol. The molecule has 0 aliphatic rings. The Morgan fingerprint density at radius 3 is 2.71 bits per heavy atom. The molecule has 1 amide bonds. The van der Waals surface area contributed by atoms with Crippen LogP contribution in [0.1, 0.15) is 20.8 Å². The third kappa shape index (κ3) is 3.03. The largest absolute Gasteiger partial charge is 0.347 e. The smallest absolute Gasteiger partial charge is 0.251 e. The van der Waals surface area contributed by atoms with E-state index in [9.17, 15) is 4.79 Å². The summed E-state index contributed by atoms with van der Waals surface area (Å²) in [4.78, 5) is 17.3. The van der Waals surface area contributed by atoms with Gasteiger partial charge in [-0.2, -0.15) is 0 Å². The highest BCUT2D eigenvalue weighted by molar-refractivity contribution is 7.10. The minimum atomic E-state index is -0.0556. The normalized spacial score (nSPS) is 10.5. The van der Waals surface area contributed by atoms with Crippen molar-refractivity contribution in [2.75, 3.05) is 0 Å². The standard InChI is InChI=1S/C16H15N3OS/c1-12-6-9-21-15(12)10-18-16(20)13-2-4-14(5-3-13)19-8-7-17-11-19/h2-9,11H,10H2,1H3,(H,18,20). The van der Waals surface area contributed by atoms with E-state index < -0.39 is 0 Å². The van der Waals surface area contributed by atoms with Crippen LogP contribution in [0.15, 0.2) is 54.4 Å². The molecule has 2 aromatic heterocycles. The topological polar surface area (TPSA) is 46.9 Å². The molecule has 0 saturated heterocycles. The number of nitrogens with zero attached hydrogens (tertiary/aromatic N) is 2. The maximum absolute atomic E-state index is 12.1. The van der Waals surface area contributed by atoms with Gasteiger partial charge in [0, 0.05) is 28.5 Å². The van der Waals surface area contributed by atoms with E-state index in [1.165, 1.54) is 10.4 Å². The summed E-state index contributed by atoms with van der Waals surface area (Å²) in [5, 5.41) is 4.99. The zero-order valence-corrected chi connectivity index (χ0v) is 12.4. The lowest BCUT2D eigenvalue weighted by atomic mass is 10.2. The highest BCUT2D eigenvalue weighted by Crippen LogP contribution is 2.15. The predicted octanol–water partition coefficient (Wildman–Crippen LogP) is 3.17. The Morgan fingerprint density at radius 2 is 2.10 bits per heavy atom. The molecular formula is C16H15N3OS. The van der Waals surface area contributed by atoms with Crippen molar-refractivity contribution < 1.29 is 4.79 Å². The quantitative estimate of drug-likeness (QED) is 0.804. The molecule has 0 aliphatic carbocycles. The Bertz CT molecular complexity index is 729. The summed E-state index contributed by atoms with van der Waals surface area (Å²) in [6.45, 7) is 2.63. The molecule has 21 heavy (non-hydrogen) atoms. The summed E-state index contributed by atoms with van der Waals surface area (Å²) in [6, 6.07) is 9.53. The molecule has 0 saturated carbocycles. The first-order chi connectivity index (χ1) is 10.2. The van der Waals surface area contributed by atoms with Crippen LogP contribution in [0.3, 0.4) is 0 Å². The molecule has 5 heteroatoms. The van der Waals surface area contributed by atoms with Crippen molar-refractivity contribution in [3.8, 4) is 5.69 Å². The summed E-state index contributed by atoms with van der Waals surface area (Å²) in [7, 11) is 0. The molecule has 0 bridgehead atoms. The van der Waals surface area contributed by atoms with Crippen LogP contribution in [0.5, 0.6) is 0 Å². The summed E-state index contributed by atoms with van der Waals surface area (Å²) in [5.41, 5.74) is 2.86. The molecule has 0 unspecified atom stereocenters. The van der Waals surface area contributed by atoms with Crippen LogP contribution in [0, 0.1) is 6.92 Å². The van der Waals surface area contributed by atoms with Crippen LogP contribution in [0.25, 0.3) is 5.69 Å². The van der Waals surface area contributed by atoms with Crippen molar-refractivity contribution in [2.45, 2.75) is 13.5 Å². The van der Waals surface area contributed by atoms with Crippen molar-refractivity contribution in [1.82, 2.24) is 14.9 Å². The number of carbonyl (C=O) groups is 1. The Hall–Kier alpha value is -2.40. The number of hydrogen-bond acceptors (Lipinski definition) is 3. The van der Waals surface area contributed by atoms with E-state index in [0.717, 1.165) is 5.69 Å². The van der Waals surface area contributed by atoms with Crippen molar-refractivity contribution in [1.29, 1.82) is 0 Å². The fraction of sp³-hybridized carbons (Fsp3) is 0.125. The van der Waals surface area contributed by atoms with Gasteiger partial charge >= 0.3 is 0 Å². The Labute approximate surface area is 127 Å². The van der Waals surface area contributed by atoms with Crippen LogP contribution in [0.4, 0.5) is 0 Å². The number of aromatic nitrogens is 2. The molecule has 3 rings (SSSR count). The zero-order valence-electron chi connectivity index (χ0n) is 11.6. The molecule has 106 valence electrons. The van der Waals surface area contributed by atoms with Gasteiger partial charge in [-0.3, -0.25) is 4.79 Å². The van der Waals surface area contributed by atoms with Gasteiger partial charge in [-0.1, -0.05) is 0 Å². The molecule has 0 spiro atoms. The van der Waals surface area contributed by atoms with E-state index in [1.807, 2.05) is 40.4 Å². The fourth-order valence-corrected chi connectivity index (χ4v) is 2.89. The molecule has 0 atom stereocenters. The average Bonchev–Trinajstić information content (AvgIpc) is 3.17. The van der Waals surface area contributed by atoms with Crippen molar-refractivity contribution in [2.24, 2.45) is 0 Å². The van der Waals surface area contributed by atoms with Crippen LogP contribution >= 0.6 is 11.3 Å². The summed E-state index contributed by atoms with van der Waals surface area (Å²) in [5.74, 6) is -0.0556. The van der Waals surface area contributed by atoms with E-state index in [0.29, 0.717) is 12.1 Å². The lowest BCUT2D eigenvalue weighted by Gasteiger charge is -2.06. The van der Waals surface area contributed by atoms with Gasteiger partial charge in [-0.25, -0.2) is 4.98 Å². The molecule has 4 nitrogen and oxygen atoms in total. The number of carbonyl (C=O) groups excluding carboxylic acids is 1. The Balaban J connectivity index is 1.66. The minimum absolute atomic E-state index is 0.0556. The van der Waals surface area contributed by atoms with Gasteiger partial charge in [0.05, 0.1) is 12.9 Å². The van der Waals surface area contributed by atoms with Gasteiger partial charge in [0.15, 0.2) is 0 Å². The third-order valence-electron chi connectivity index (χ3n) is 3.31. The second kappa shape index (κ2) is 5.93. The number of benzene rings is 1. The number of aryl methyl sites for hydroxylation is 1. The Kier molecular flexibility index (Phi) is 3.83. The first-order valence-electron chi connectivity index (χ1n) is 6.63. The number of rotatable bonds is 4. The summed E-state index contributed by atoms with van der Waals surface area (Å²) < 4.78 is 1.90. The monoisotopic (exact) mass is 297 g/mol. The van der Waals surface area contributed by atoms with Gasteiger partial charge in [0.2, 0.25) is 0 Å². The van der Waals surface area contributed by atoms with Crippen LogP contribution in [-0.2, 0) is 6.54 Å². The SMILES string of the molecule is Cc1ccsc1CNC(=O)c1ccc(-n2ccnc2)cc1. The second-order valence-corrected chi connectivity index (χ2v) is 5.73. The molecule has 0 fully saturated rings. The molecule has 0 radical (unpaired) electrons. The number of nitrogens with one attached hydrogen (secondary N) is 1. The third-order valence-corrected chi connectivity index (χ3v) is 4.33. The molecular weight excluding hydrogens is 282 g/mol. The molecule has 1 aromatic carbocycles. The van der Waals surface area contributed by atoms with E-state index in [-0.39, 0.29) is 5.91 Å². The number of hydrogen-bond donors (Lipinski definition) is 1. The first-order valence-corrected chi connectivity index (χ1v) is 7.51. The number of thiophene rings is 1. The van der Waals surface area contributed by atoms with Gasteiger partial charge in [0.25, 0.3) is 5.91 Å². The molecule has 0 aliphatic heterocycles. The lowest BCUT2D eigenvalue weighted by molar-refractivity contribution is 0.0951. The van der Waals surface area contributed by atoms with E-state index in [2.05, 4.69) is 23.3 Å². The van der Waals surface area contributed by atoms with E-state index >= 15 is 0 Å². The number of imidazole rings is 1. The second-order valence-electron chi connectivity index (χ2n) is 4.73. The maximum atomic E-state index is 12.1. The first kappa shape index (κ1) is 13.6. The Morgan fingerprint density at radius 1 is 1.29 bits per heavy atom. The van der Waals surface area contributed by atoms with Gasteiger partial charge in [0.1, 0.15) is 0 Å². The van der Waals surface area contributed by atoms with Crippen molar-refractivity contribution >= 4 is 17.2 Å². The van der Waals surface area contributed by atoms with Gasteiger partial charge < -0.3 is 9.88 Å². The maximum Gasteiger partial charge on any atom is 0.251 e. The molecule has 2 heterocycles. The minimum Gasteiger partial charge on any atom is -0.347 e. The lowest BCUT2D eigenvalue weighted by Crippen LogP contribution is -2.22. The zero-order chi connectivity index (χ0) is 14.7. The van der Waals surface area contributed by atoms with Crippen LogP contribution in [0.2, 0.25) is 0 Å².